The first-order chi connectivity index (χ1) is 8.56. The van der Waals surface area contributed by atoms with E-state index in [0.717, 1.165) is 5.56 Å². The van der Waals surface area contributed by atoms with Crippen molar-refractivity contribution in [2.45, 2.75) is 25.4 Å². The fraction of sp³-hybridized carbons (Fsp3) is 0.462. The van der Waals surface area contributed by atoms with Gasteiger partial charge in [-0.15, -0.1) is 0 Å². The number of hydrogen-bond donors (Lipinski definition) is 1. The number of phenols is 1. The molecular formula is C13H16O5. The molecule has 1 aromatic rings. The fourth-order valence-electron chi connectivity index (χ4n) is 2.20. The van der Waals surface area contributed by atoms with Gasteiger partial charge in [0.15, 0.2) is 11.5 Å². The number of cyclic esters (lactones) is 1. The zero-order valence-corrected chi connectivity index (χ0v) is 10.6. The summed E-state index contributed by atoms with van der Waals surface area (Å²) >= 11 is 0. The molecule has 0 spiro atoms. The van der Waals surface area contributed by atoms with Crippen LogP contribution in [0.2, 0.25) is 0 Å². The molecule has 0 saturated carbocycles. The molecule has 5 heteroatoms. The fourth-order valence-corrected chi connectivity index (χ4v) is 2.20. The molecule has 1 saturated heterocycles. The lowest BCUT2D eigenvalue weighted by Crippen LogP contribution is -2.09. The number of aromatic hydroxyl groups is 1. The molecule has 5 nitrogen and oxygen atoms in total. The van der Waals surface area contributed by atoms with E-state index in [4.69, 9.17) is 14.2 Å². The van der Waals surface area contributed by atoms with E-state index in [9.17, 15) is 9.90 Å². The van der Waals surface area contributed by atoms with Crippen LogP contribution in [0.5, 0.6) is 17.2 Å². The van der Waals surface area contributed by atoms with Crippen LogP contribution in [0.3, 0.4) is 0 Å². The minimum atomic E-state index is -0.210. The van der Waals surface area contributed by atoms with Crippen molar-refractivity contribution in [3.63, 3.8) is 0 Å². The number of methoxy groups -OCH3 is 2. The Kier molecular flexibility index (Phi) is 3.32. The minimum absolute atomic E-state index is 0.0401. The van der Waals surface area contributed by atoms with Crippen molar-refractivity contribution in [2.75, 3.05) is 14.2 Å². The quantitative estimate of drug-likeness (QED) is 0.831. The highest BCUT2D eigenvalue weighted by atomic mass is 16.5. The molecule has 98 valence electrons. The maximum Gasteiger partial charge on any atom is 0.306 e. The summed E-state index contributed by atoms with van der Waals surface area (Å²) in [6, 6.07) is 3.42. The van der Waals surface area contributed by atoms with Gasteiger partial charge in [-0.25, -0.2) is 0 Å². The number of phenolic OH excluding ortho intramolecular Hbond substituents is 1. The van der Waals surface area contributed by atoms with Crippen LogP contribution >= 0.6 is 0 Å². The molecule has 2 atom stereocenters. The van der Waals surface area contributed by atoms with E-state index in [1.165, 1.54) is 14.2 Å². The first kappa shape index (κ1) is 12.5. The zero-order valence-electron chi connectivity index (χ0n) is 10.6. The highest BCUT2D eigenvalue weighted by Gasteiger charge is 2.33. The molecule has 1 aromatic carbocycles. The Morgan fingerprint density at radius 2 is 1.83 bits per heavy atom. The first-order valence-corrected chi connectivity index (χ1v) is 5.71. The Labute approximate surface area is 105 Å². The highest BCUT2D eigenvalue weighted by Crippen LogP contribution is 2.42. The summed E-state index contributed by atoms with van der Waals surface area (Å²) in [5.74, 6) is 0.368. The van der Waals surface area contributed by atoms with Crippen LogP contribution in [0.15, 0.2) is 12.1 Å². The third kappa shape index (κ3) is 2.08. The molecule has 2 unspecified atom stereocenters. The van der Waals surface area contributed by atoms with Gasteiger partial charge in [-0.1, -0.05) is 0 Å². The standard InChI is InChI=1S/C13H16O5/c1-7-9(6-12(14)18-7)8-4-10(16-2)13(15)11(5-8)17-3/h4-5,7,9,15H,6H2,1-3H3. The summed E-state index contributed by atoms with van der Waals surface area (Å²) in [4.78, 5) is 11.3. The number of esters is 1. The van der Waals surface area contributed by atoms with Crippen LogP contribution in [0.4, 0.5) is 0 Å². The second-order valence-corrected chi connectivity index (χ2v) is 4.28. The lowest BCUT2D eigenvalue weighted by atomic mass is 9.92. The average Bonchev–Trinajstić information content (AvgIpc) is 2.69. The van der Waals surface area contributed by atoms with E-state index >= 15 is 0 Å². The summed E-state index contributed by atoms with van der Waals surface area (Å²) in [6.45, 7) is 1.85. The van der Waals surface area contributed by atoms with E-state index < -0.39 is 0 Å². The average molecular weight is 252 g/mol. The van der Waals surface area contributed by atoms with Crippen LogP contribution in [-0.2, 0) is 9.53 Å². The van der Waals surface area contributed by atoms with E-state index in [2.05, 4.69) is 0 Å². The highest BCUT2D eigenvalue weighted by molar-refractivity contribution is 5.73. The van der Waals surface area contributed by atoms with E-state index in [1.54, 1.807) is 12.1 Å². The lowest BCUT2D eigenvalue weighted by Gasteiger charge is -2.16. The normalized spacial score (nSPS) is 22.7. The van der Waals surface area contributed by atoms with Gasteiger partial charge in [0.2, 0.25) is 5.75 Å². The number of ether oxygens (including phenoxy) is 3. The lowest BCUT2D eigenvalue weighted by molar-refractivity contribution is -0.140. The Hall–Kier alpha value is -1.91. The molecule has 1 aliphatic rings. The van der Waals surface area contributed by atoms with Crippen LogP contribution in [0.1, 0.15) is 24.8 Å². The zero-order chi connectivity index (χ0) is 13.3. The molecule has 0 aliphatic carbocycles. The summed E-state index contributed by atoms with van der Waals surface area (Å²) < 4.78 is 15.3. The first-order valence-electron chi connectivity index (χ1n) is 5.71. The summed E-state index contributed by atoms with van der Waals surface area (Å²) in [7, 11) is 2.94. The number of hydrogen-bond acceptors (Lipinski definition) is 5. The van der Waals surface area contributed by atoms with Gasteiger partial charge in [0.05, 0.1) is 20.6 Å². The SMILES string of the molecule is COc1cc(C2CC(=O)OC2C)cc(OC)c1O. The Bertz CT molecular complexity index is 443. The Morgan fingerprint density at radius 3 is 2.22 bits per heavy atom. The largest absolute Gasteiger partial charge is 0.502 e. The van der Waals surface area contributed by atoms with Gasteiger partial charge in [0, 0.05) is 5.92 Å². The number of benzene rings is 1. The molecule has 1 heterocycles. The van der Waals surface area contributed by atoms with E-state index in [-0.39, 0.29) is 23.7 Å². The molecular weight excluding hydrogens is 236 g/mol. The van der Waals surface area contributed by atoms with Crippen molar-refractivity contribution in [3.8, 4) is 17.2 Å². The summed E-state index contributed by atoms with van der Waals surface area (Å²) in [5, 5.41) is 9.83. The van der Waals surface area contributed by atoms with Gasteiger partial charge >= 0.3 is 5.97 Å². The van der Waals surface area contributed by atoms with Gasteiger partial charge in [-0.2, -0.15) is 0 Å². The number of carbonyl (C=O) groups excluding carboxylic acids is 1. The van der Waals surface area contributed by atoms with Crippen molar-refractivity contribution in [1.29, 1.82) is 0 Å². The van der Waals surface area contributed by atoms with Gasteiger partial charge in [-0.3, -0.25) is 4.79 Å². The number of carbonyl (C=O) groups is 1. The van der Waals surface area contributed by atoms with Gasteiger partial charge < -0.3 is 19.3 Å². The molecule has 18 heavy (non-hydrogen) atoms. The predicted octanol–water partition coefficient (Wildman–Crippen LogP) is 1.83. The summed E-state index contributed by atoms with van der Waals surface area (Å²) in [5.41, 5.74) is 0.861. The van der Waals surface area contributed by atoms with Gasteiger partial charge in [0.25, 0.3) is 0 Å². The van der Waals surface area contributed by atoms with E-state index in [1.807, 2.05) is 6.92 Å². The molecule has 0 radical (unpaired) electrons. The van der Waals surface area contributed by atoms with Crippen LogP contribution in [-0.4, -0.2) is 31.4 Å². The Morgan fingerprint density at radius 1 is 1.28 bits per heavy atom. The smallest absolute Gasteiger partial charge is 0.306 e. The topological polar surface area (TPSA) is 65.0 Å². The Balaban J connectivity index is 2.42. The molecule has 0 bridgehead atoms. The second-order valence-electron chi connectivity index (χ2n) is 4.28. The van der Waals surface area contributed by atoms with Crippen molar-refractivity contribution in [1.82, 2.24) is 0 Å². The molecule has 0 aromatic heterocycles. The van der Waals surface area contributed by atoms with Crippen molar-refractivity contribution >= 4 is 5.97 Å². The van der Waals surface area contributed by atoms with E-state index in [0.29, 0.717) is 17.9 Å². The van der Waals surface area contributed by atoms with Gasteiger partial charge in [0.1, 0.15) is 6.10 Å². The van der Waals surface area contributed by atoms with Crippen LogP contribution < -0.4 is 9.47 Å². The molecule has 1 aliphatic heterocycles. The molecule has 2 rings (SSSR count). The van der Waals surface area contributed by atoms with Gasteiger partial charge in [-0.05, 0) is 24.6 Å². The maximum absolute atomic E-state index is 11.3. The maximum atomic E-state index is 11.3. The third-order valence-electron chi connectivity index (χ3n) is 3.20. The third-order valence-corrected chi connectivity index (χ3v) is 3.20. The molecule has 0 amide bonds. The van der Waals surface area contributed by atoms with Crippen LogP contribution in [0, 0.1) is 0 Å². The van der Waals surface area contributed by atoms with Crippen molar-refractivity contribution < 1.29 is 24.1 Å². The van der Waals surface area contributed by atoms with Crippen molar-refractivity contribution in [3.05, 3.63) is 17.7 Å². The minimum Gasteiger partial charge on any atom is -0.502 e. The summed E-state index contributed by atoms with van der Waals surface area (Å²) in [6.07, 6.45) is 0.148. The number of rotatable bonds is 3. The molecule has 1 fully saturated rings. The predicted molar refractivity (Wildman–Crippen MR) is 64.1 cm³/mol. The monoisotopic (exact) mass is 252 g/mol. The molecule has 1 N–H and O–H groups in total. The van der Waals surface area contributed by atoms with Crippen molar-refractivity contribution in [2.24, 2.45) is 0 Å². The van der Waals surface area contributed by atoms with Crippen LogP contribution in [0.25, 0.3) is 0 Å². The second kappa shape index (κ2) is 4.76.